The number of hydrogen-bond donors (Lipinski definition) is 1. The molecule has 1 aromatic rings. The second kappa shape index (κ2) is 6.93. The van der Waals surface area contributed by atoms with E-state index >= 15 is 0 Å². The van der Waals surface area contributed by atoms with Crippen LogP contribution < -0.4 is 10.1 Å². The Morgan fingerprint density at radius 3 is 2.43 bits per heavy atom. The van der Waals surface area contributed by atoms with Crippen molar-refractivity contribution < 1.29 is 14.5 Å². The number of amides is 1. The fourth-order valence-corrected chi connectivity index (χ4v) is 2.51. The molecule has 2 rings (SSSR count). The first-order chi connectivity index (χ1) is 9.99. The number of halogens is 2. The number of nitro benzene ring substituents is 1. The number of rotatable bonds is 4. The third-order valence-electron chi connectivity index (χ3n) is 3.00. The van der Waals surface area contributed by atoms with Crippen LogP contribution in [0.5, 0.6) is 5.75 Å². The van der Waals surface area contributed by atoms with Crippen molar-refractivity contribution in [3.8, 4) is 5.75 Å². The third-order valence-corrected chi connectivity index (χ3v) is 3.57. The van der Waals surface area contributed by atoms with Crippen molar-refractivity contribution in [3.63, 3.8) is 0 Å². The molecule has 0 atom stereocenters. The maximum absolute atomic E-state index is 11.9. The predicted octanol–water partition coefficient (Wildman–Crippen LogP) is 1.71. The minimum Gasteiger partial charge on any atom is -0.481 e. The van der Waals surface area contributed by atoms with E-state index in [1.165, 1.54) is 0 Å². The monoisotopic (exact) mass is 333 g/mol. The van der Waals surface area contributed by atoms with Crippen molar-refractivity contribution in [2.75, 3.05) is 32.8 Å². The van der Waals surface area contributed by atoms with E-state index in [1.54, 1.807) is 4.90 Å². The number of piperazine rings is 1. The van der Waals surface area contributed by atoms with E-state index in [0.29, 0.717) is 13.1 Å². The van der Waals surface area contributed by atoms with Gasteiger partial charge in [-0.3, -0.25) is 14.9 Å². The first kappa shape index (κ1) is 15.8. The molecular formula is C12H13Cl2N3O4. The molecule has 21 heavy (non-hydrogen) atoms. The van der Waals surface area contributed by atoms with Gasteiger partial charge in [0, 0.05) is 38.3 Å². The molecule has 9 heteroatoms. The lowest BCUT2D eigenvalue weighted by Crippen LogP contribution is -2.47. The smallest absolute Gasteiger partial charge is 0.272 e. The van der Waals surface area contributed by atoms with E-state index in [1.807, 2.05) is 0 Å². The number of nitrogens with zero attached hydrogens (tertiary/aromatic N) is 2. The Labute approximate surface area is 130 Å². The molecular weight excluding hydrogens is 321 g/mol. The highest BCUT2D eigenvalue weighted by Crippen LogP contribution is 2.36. The molecule has 1 aliphatic heterocycles. The molecule has 0 radical (unpaired) electrons. The molecule has 1 fully saturated rings. The predicted molar refractivity (Wildman–Crippen MR) is 78.1 cm³/mol. The van der Waals surface area contributed by atoms with Gasteiger partial charge in [0.25, 0.3) is 11.6 Å². The minimum atomic E-state index is -0.604. The number of non-ortho nitro benzene ring substituents is 1. The van der Waals surface area contributed by atoms with Crippen LogP contribution >= 0.6 is 23.2 Å². The van der Waals surface area contributed by atoms with Crippen LogP contribution in [0, 0.1) is 10.1 Å². The topological polar surface area (TPSA) is 84.7 Å². The SMILES string of the molecule is O=C(COc1c(Cl)cc([N+](=O)[O-])cc1Cl)N1CCNCC1. The lowest BCUT2D eigenvalue weighted by Gasteiger charge is -2.27. The summed E-state index contributed by atoms with van der Waals surface area (Å²) in [5.41, 5.74) is -0.231. The molecule has 0 aliphatic carbocycles. The summed E-state index contributed by atoms with van der Waals surface area (Å²) >= 11 is 11.8. The van der Waals surface area contributed by atoms with Crippen LogP contribution in [0.25, 0.3) is 0 Å². The summed E-state index contributed by atoms with van der Waals surface area (Å²) in [7, 11) is 0. The Hall–Kier alpha value is -1.57. The van der Waals surface area contributed by atoms with Crippen molar-refractivity contribution in [1.29, 1.82) is 0 Å². The molecule has 0 unspecified atom stereocenters. The number of hydrogen-bond acceptors (Lipinski definition) is 5. The number of carbonyl (C=O) groups is 1. The molecule has 1 aromatic carbocycles. The lowest BCUT2D eigenvalue weighted by atomic mass is 10.3. The molecule has 114 valence electrons. The summed E-state index contributed by atoms with van der Waals surface area (Å²) in [6, 6.07) is 2.27. The van der Waals surface area contributed by atoms with Gasteiger partial charge >= 0.3 is 0 Å². The first-order valence-corrected chi connectivity index (χ1v) is 6.99. The first-order valence-electron chi connectivity index (χ1n) is 6.24. The van der Waals surface area contributed by atoms with Gasteiger partial charge in [-0.2, -0.15) is 0 Å². The number of carbonyl (C=O) groups excluding carboxylic acids is 1. The van der Waals surface area contributed by atoms with Gasteiger partial charge in [-0.1, -0.05) is 23.2 Å². The maximum Gasteiger partial charge on any atom is 0.272 e. The molecule has 1 aliphatic rings. The Morgan fingerprint density at radius 2 is 1.90 bits per heavy atom. The van der Waals surface area contributed by atoms with Crippen LogP contribution in [0.1, 0.15) is 0 Å². The summed E-state index contributed by atoms with van der Waals surface area (Å²) in [5, 5.41) is 13.8. The summed E-state index contributed by atoms with van der Waals surface area (Å²) in [6.07, 6.45) is 0. The molecule has 1 heterocycles. The van der Waals surface area contributed by atoms with Crippen LogP contribution in [0.15, 0.2) is 12.1 Å². The second-order valence-electron chi connectivity index (χ2n) is 4.42. The highest BCUT2D eigenvalue weighted by molar-refractivity contribution is 6.37. The van der Waals surface area contributed by atoms with Crippen LogP contribution in [0.4, 0.5) is 5.69 Å². The quantitative estimate of drug-likeness (QED) is 0.669. The summed E-state index contributed by atoms with van der Waals surface area (Å²) in [5.74, 6) is -0.102. The van der Waals surface area contributed by atoms with Gasteiger partial charge in [0.05, 0.1) is 15.0 Å². The number of nitro groups is 1. The average molecular weight is 334 g/mol. The molecule has 1 N–H and O–H groups in total. The van der Waals surface area contributed by atoms with E-state index in [4.69, 9.17) is 27.9 Å². The van der Waals surface area contributed by atoms with Crippen LogP contribution in [0.3, 0.4) is 0 Å². The Kier molecular flexibility index (Phi) is 5.22. The zero-order chi connectivity index (χ0) is 15.4. The fraction of sp³-hybridized carbons (Fsp3) is 0.417. The van der Waals surface area contributed by atoms with E-state index < -0.39 is 4.92 Å². The molecule has 1 amide bonds. The Morgan fingerprint density at radius 1 is 1.33 bits per heavy atom. The average Bonchev–Trinajstić information content (AvgIpc) is 2.46. The number of ether oxygens (including phenoxy) is 1. The van der Waals surface area contributed by atoms with Gasteiger partial charge in [-0.25, -0.2) is 0 Å². The van der Waals surface area contributed by atoms with E-state index in [9.17, 15) is 14.9 Å². The maximum atomic E-state index is 11.9. The van der Waals surface area contributed by atoms with Gasteiger partial charge in [-0.05, 0) is 0 Å². The number of benzene rings is 1. The normalized spacial score (nSPS) is 14.9. The molecule has 0 spiro atoms. The third kappa shape index (κ3) is 3.96. The van der Waals surface area contributed by atoms with Crippen molar-refractivity contribution in [1.82, 2.24) is 10.2 Å². The molecule has 0 saturated carbocycles. The zero-order valence-corrected chi connectivity index (χ0v) is 12.5. The van der Waals surface area contributed by atoms with Crippen molar-refractivity contribution >= 4 is 34.8 Å². The van der Waals surface area contributed by atoms with Crippen molar-refractivity contribution in [3.05, 3.63) is 32.3 Å². The van der Waals surface area contributed by atoms with Crippen LogP contribution in [-0.2, 0) is 4.79 Å². The van der Waals surface area contributed by atoms with Gasteiger partial charge in [0.15, 0.2) is 12.4 Å². The minimum absolute atomic E-state index is 0.00214. The Balaban J connectivity index is 2.02. The summed E-state index contributed by atoms with van der Waals surface area (Å²) in [6.45, 7) is 2.50. The van der Waals surface area contributed by atoms with E-state index in [-0.39, 0.29) is 34.0 Å². The van der Waals surface area contributed by atoms with Gasteiger partial charge in [0.2, 0.25) is 0 Å². The number of nitrogens with one attached hydrogen (secondary N) is 1. The second-order valence-corrected chi connectivity index (χ2v) is 5.23. The molecule has 0 bridgehead atoms. The van der Waals surface area contributed by atoms with Crippen molar-refractivity contribution in [2.24, 2.45) is 0 Å². The van der Waals surface area contributed by atoms with Gasteiger partial charge < -0.3 is 15.0 Å². The van der Waals surface area contributed by atoms with E-state index in [2.05, 4.69) is 5.32 Å². The highest BCUT2D eigenvalue weighted by atomic mass is 35.5. The zero-order valence-electron chi connectivity index (χ0n) is 11.0. The fourth-order valence-electron chi connectivity index (χ4n) is 1.93. The summed E-state index contributed by atoms with van der Waals surface area (Å²) in [4.78, 5) is 23.7. The largest absolute Gasteiger partial charge is 0.481 e. The van der Waals surface area contributed by atoms with Crippen LogP contribution in [-0.4, -0.2) is 48.5 Å². The van der Waals surface area contributed by atoms with Gasteiger partial charge in [0.1, 0.15) is 0 Å². The molecule has 0 aromatic heterocycles. The van der Waals surface area contributed by atoms with Crippen molar-refractivity contribution in [2.45, 2.75) is 0 Å². The Bertz CT molecular complexity index is 538. The van der Waals surface area contributed by atoms with E-state index in [0.717, 1.165) is 25.2 Å². The molecule has 7 nitrogen and oxygen atoms in total. The lowest BCUT2D eigenvalue weighted by molar-refractivity contribution is -0.384. The van der Waals surface area contributed by atoms with Crippen LogP contribution in [0.2, 0.25) is 10.0 Å². The van der Waals surface area contributed by atoms with Gasteiger partial charge in [-0.15, -0.1) is 0 Å². The standard InChI is InChI=1S/C12H13Cl2N3O4/c13-9-5-8(17(19)20)6-10(14)12(9)21-7-11(18)16-3-1-15-2-4-16/h5-6,15H,1-4,7H2. The molecule has 1 saturated heterocycles. The highest BCUT2D eigenvalue weighted by Gasteiger charge is 2.20. The summed E-state index contributed by atoms with van der Waals surface area (Å²) < 4.78 is 5.32.